The van der Waals surface area contributed by atoms with Gasteiger partial charge in [-0.25, -0.2) is 13.6 Å². The fourth-order valence-electron chi connectivity index (χ4n) is 1.99. The first-order valence-corrected chi connectivity index (χ1v) is 8.20. The summed E-state index contributed by atoms with van der Waals surface area (Å²) in [6, 6.07) is 6.35. The summed E-state index contributed by atoms with van der Waals surface area (Å²) in [7, 11) is -3.55. The zero-order valence-electron chi connectivity index (χ0n) is 11.5. The first-order chi connectivity index (χ1) is 9.35. The highest BCUT2D eigenvalue weighted by Gasteiger charge is 2.28. The Morgan fingerprint density at radius 2 is 1.86 bits per heavy atom. The molecule has 1 amide bonds. The third-order valence-electron chi connectivity index (χ3n) is 3.31. The lowest BCUT2D eigenvalue weighted by atomic mass is 10.1. The molecule has 21 heavy (non-hydrogen) atoms. The number of amides is 1. The Bertz CT molecular complexity index is 585. The average Bonchev–Trinajstić information content (AvgIpc) is 3.18. The number of nitrogens with one attached hydrogen (secondary N) is 1. The Labute approximate surface area is 130 Å². The van der Waals surface area contributed by atoms with Crippen LogP contribution in [0.2, 0.25) is 0 Å². The molecule has 0 bridgehead atoms. The Morgan fingerprint density at radius 1 is 1.29 bits per heavy atom. The maximum atomic E-state index is 11.9. The van der Waals surface area contributed by atoms with Gasteiger partial charge >= 0.3 is 0 Å². The molecule has 1 atom stereocenters. The van der Waals surface area contributed by atoms with Crippen LogP contribution in [0.5, 0.6) is 0 Å². The highest BCUT2D eigenvalue weighted by atomic mass is 35.5. The second kappa shape index (κ2) is 7.22. The number of halogens is 1. The largest absolute Gasteiger partial charge is 0.350 e. The number of hydrogen-bond acceptors (Lipinski definition) is 4. The molecule has 0 aromatic heterocycles. The SMILES string of the molecule is Cl.NC(CNC(=O)c1ccc(CS(N)(=O)=O)cc1)C1CC1. The predicted molar refractivity (Wildman–Crippen MR) is 83.5 cm³/mol. The summed E-state index contributed by atoms with van der Waals surface area (Å²) in [5.41, 5.74) is 6.94. The van der Waals surface area contributed by atoms with E-state index in [1.54, 1.807) is 24.3 Å². The van der Waals surface area contributed by atoms with E-state index in [4.69, 9.17) is 10.9 Å². The molecule has 6 nitrogen and oxygen atoms in total. The molecule has 5 N–H and O–H groups in total. The predicted octanol–water partition coefficient (Wildman–Crippen LogP) is 0.364. The summed E-state index contributed by atoms with van der Waals surface area (Å²) < 4.78 is 21.9. The second-order valence-corrected chi connectivity index (χ2v) is 6.83. The number of hydrogen-bond donors (Lipinski definition) is 3. The van der Waals surface area contributed by atoms with Gasteiger partial charge in [0, 0.05) is 18.2 Å². The van der Waals surface area contributed by atoms with Crippen LogP contribution in [0.1, 0.15) is 28.8 Å². The van der Waals surface area contributed by atoms with Gasteiger partial charge in [0.1, 0.15) is 0 Å². The maximum Gasteiger partial charge on any atom is 0.251 e. The topological polar surface area (TPSA) is 115 Å². The van der Waals surface area contributed by atoms with Crippen molar-refractivity contribution in [3.8, 4) is 0 Å². The van der Waals surface area contributed by atoms with E-state index < -0.39 is 10.0 Å². The minimum Gasteiger partial charge on any atom is -0.350 e. The van der Waals surface area contributed by atoms with Gasteiger partial charge in [-0.05, 0) is 36.5 Å². The van der Waals surface area contributed by atoms with Crippen molar-refractivity contribution in [2.45, 2.75) is 24.6 Å². The van der Waals surface area contributed by atoms with Crippen LogP contribution in [0, 0.1) is 5.92 Å². The number of carbonyl (C=O) groups is 1. The molecule has 1 aromatic carbocycles. The standard InChI is InChI=1S/C13H19N3O3S.ClH/c14-12(10-5-6-10)7-16-13(17)11-3-1-9(2-4-11)8-20(15,18)19;/h1-4,10,12H,5-8,14H2,(H,16,17)(H2,15,18,19);1H. The average molecular weight is 334 g/mol. The first kappa shape index (κ1) is 17.9. The normalized spacial score (nSPS) is 15.9. The van der Waals surface area contributed by atoms with Crippen molar-refractivity contribution in [3.63, 3.8) is 0 Å². The van der Waals surface area contributed by atoms with Gasteiger partial charge in [-0.2, -0.15) is 0 Å². The fraction of sp³-hybridized carbons (Fsp3) is 0.462. The van der Waals surface area contributed by atoms with Crippen molar-refractivity contribution in [3.05, 3.63) is 35.4 Å². The molecule has 1 unspecified atom stereocenters. The van der Waals surface area contributed by atoms with Crippen LogP contribution in [0.25, 0.3) is 0 Å². The molecule has 1 aromatic rings. The molecule has 0 radical (unpaired) electrons. The molecule has 2 rings (SSSR count). The zero-order chi connectivity index (χ0) is 14.8. The molecule has 0 saturated heterocycles. The van der Waals surface area contributed by atoms with Crippen LogP contribution >= 0.6 is 12.4 Å². The first-order valence-electron chi connectivity index (χ1n) is 6.48. The van der Waals surface area contributed by atoms with Gasteiger partial charge in [0.05, 0.1) is 5.75 Å². The highest BCUT2D eigenvalue weighted by Crippen LogP contribution is 2.31. The number of sulfonamides is 1. The Hall–Kier alpha value is -1.15. The van der Waals surface area contributed by atoms with Crippen molar-refractivity contribution in [2.24, 2.45) is 16.8 Å². The molecule has 8 heteroatoms. The Kier molecular flexibility index (Phi) is 6.15. The quantitative estimate of drug-likeness (QED) is 0.697. The van der Waals surface area contributed by atoms with E-state index in [0.29, 0.717) is 23.6 Å². The van der Waals surface area contributed by atoms with E-state index in [9.17, 15) is 13.2 Å². The van der Waals surface area contributed by atoms with E-state index in [0.717, 1.165) is 12.8 Å². The monoisotopic (exact) mass is 333 g/mol. The summed E-state index contributed by atoms with van der Waals surface area (Å²) in [5, 5.41) is 7.74. The second-order valence-electron chi connectivity index (χ2n) is 5.22. The van der Waals surface area contributed by atoms with E-state index >= 15 is 0 Å². The summed E-state index contributed by atoms with van der Waals surface area (Å²) in [6.45, 7) is 0.461. The van der Waals surface area contributed by atoms with Crippen molar-refractivity contribution in [2.75, 3.05) is 6.54 Å². The van der Waals surface area contributed by atoms with Gasteiger partial charge in [0.15, 0.2) is 0 Å². The van der Waals surface area contributed by atoms with E-state index in [-0.39, 0.29) is 30.1 Å². The zero-order valence-corrected chi connectivity index (χ0v) is 13.1. The lowest BCUT2D eigenvalue weighted by Crippen LogP contribution is -2.38. The minimum absolute atomic E-state index is 0. The molecular formula is C13H20ClN3O3S. The van der Waals surface area contributed by atoms with E-state index in [1.807, 2.05) is 0 Å². The summed E-state index contributed by atoms with van der Waals surface area (Å²) in [4.78, 5) is 11.9. The van der Waals surface area contributed by atoms with Gasteiger partial charge in [0.2, 0.25) is 10.0 Å². The number of primary sulfonamides is 1. The van der Waals surface area contributed by atoms with Gasteiger partial charge in [0.25, 0.3) is 5.91 Å². The third kappa shape index (κ3) is 6.01. The Morgan fingerprint density at radius 3 is 2.33 bits per heavy atom. The van der Waals surface area contributed by atoms with E-state index in [2.05, 4.69) is 5.32 Å². The van der Waals surface area contributed by atoms with E-state index in [1.165, 1.54) is 0 Å². The molecule has 0 aliphatic heterocycles. The molecule has 0 heterocycles. The molecule has 1 saturated carbocycles. The molecule has 1 aliphatic carbocycles. The number of nitrogens with two attached hydrogens (primary N) is 2. The van der Waals surface area contributed by atoms with Gasteiger partial charge in [-0.15, -0.1) is 12.4 Å². The molecule has 0 spiro atoms. The van der Waals surface area contributed by atoms with Gasteiger partial charge in [-0.1, -0.05) is 12.1 Å². The van der Waals surface area contributed by atoms with Crippen LogP contribution in [0.15, 0.2) is 24.3 Å². The lowest BCUT2D eigenvalue weighted by molar-refractivity contribution is 0.0950. The van der Waals surface area contributed by atoms with Crippen molar-refractivity contribution in [1.29, 1.82) is 0 Å². The van der Waals surface area contributed by atoms with Crippen molar-refractivity contribution in [1.82, 2.24) is 5.32 Å². The van der Waals surface area contributed by atoms with Crippen LogP contribution in [0.3, 0.4) is 0 Å². The lowest BCUT2D eigenvalue weighted by Gasteiger charge is -2.11. The fourth-order valence-corrected chi connectivity index (χ4v) is 2.65. The van der Waals surface area contributed by atoms with Gasteiger partial charge < -0.3 is 11.1 Å². The summed E-state index contributed by atoms with van der Waals surface area (Å²) in [5.74, 6) is 0.0947. The van der Waals surface area contributed by atoms with Crippen LogP contribution in [-0.2, 0) is 15.8 Å². The maximum absolute atomic E-state index is 11.9. The number of rotatable bonds is 6. The van der Waals surface area contributed by atoms with Crippen molar-refractivity contribution >= 4 is 28.3 Å². The number of benzene rings is 1. The van der Waals surface area contributed by atoms with Gasteiger partial charge in [-0.3, -0.25) is 4.79 Å². The highest BCUT2D eigenvalue weighted by molar-refractivity contribution is 7.88. The van der Waals surface area contributed by atoms with Crippen LogP contribution < -0.4 is 16.2 Å². The molecule has 118 valence electrons. The third-order valence-corrected chi connectivity index (χ3v) is 4.05. The smallest absolute Gasteiger partial charge is 0.251 e. The molecular weight excluding hydrogens is 314 g/mol. The van der Waals surface area contributed by atoms with Crippen LogP contribution in [0.4, 0.5) is 0 Å². The minimum atomic E-state index is -3.55. The summed E-state index contributed by atoms with van der Waals surface area (Å²) in [6.07, 6.45) is 2.28. The Balaban J connectivity index is 0.00000220. The molecule has 1 aliphatic rings. The van der Waals surface area contributed by atoms with Crippen molar-refractivity contribution < 1.29 is 13.2 Å². The van der Waals surface area contributed by atoms with Crippen LogP contribution in [-0.4, -0.2) is 26.9 Å². The number of carbonyl (C=O) groups excluding carboxylic acids is 1. The summed E-state index contributed by atoms with van der Waals surface area (Å²) >= 11 is 0. The molecule has 1 fully saturated rings.